The number of alkyl halides is 6. The van der Waals surface area contributed by atoms with Gasteiger partial charge in [-0.3, -0.25) is 52.8 Å². The van der Waals surface area contributed by atoms with Crippen molar-refractivity contribution in [1.82, 2.24) is 69.1 Å². The number of unbranched alkanes of at least 4 members (excludes halogenated alkanes) is 1. The molecule has 4 fully saturated rings. The van der Waals surface area contributed by atoms with Crippen molar-refractivity contribution in [3.8, 4) is 23.3 Å². The molecule has 33 heteroatoms. The Morgan fingerprint density at radius 2 is 0.778 bits per heavy atom. The van der Waals surface area contributed by atoms with Gasteiger partial charge in [0.1, 0.15) is 95.2 Å². The maximum absolute atomic E-state index is 15.8. The summed E-state index contributed by atoms with van der Waals surface area (Å²) in [6.45, 7) is 31.2. The van der Waals surface area contributed by atoms with Crippen LogP contribution in [0.4, 0.5) is 57.1 Å². The number of carbonyl (C=O) groups is 1. The van der Waals surface area contributed by atoms with E-state index in [9.17, 15) is 40.6 Å². The van der Waals surface area contributed by atoms with Gasteiger partial charge in [-0.05, 0) is 172 Å². The van der Waals surface area contributed by atoms with E-state index in [0.717, 1.165) is 120 Å². The summed E-state index contributed by atoms with van der Waals surface area (Å²) >= 11 is 0. The Morgan fingerprint density at radius 3 is 1.15 bits per heavy atom. The van der Waals surface area contributed by atoms with Crippen molar-refractivity contribution >= 4 is 49.6 Å². The number of aromatic amines is 4. The first kappa shape index (κ1) is 105. The lowest BCUT2D eigenvalue weighted by Crippen LogP contribution is -2.54. The number of benzene rings is 7. The summed E-state index contributed by atoms with van der Waals surface area (Å²) in [5, 5.41) is 13.7. The summed E-state index contributed by atoms with van der Waals surface area (Å²) in [7, 11) is 0. The Hall–Kier alpha value is -10.8. The fourth-order valence-electron chi connectivity index (χ4n) is 22.4. The molecule has 0 bridgehead atoms. The highest BCUT2D eigenvalue weighted by molar-refractivity contribution is 5.88. The zero-order chi connectivity index (χ0) is 102. The number of ether oxygens (including phenoxy) is 4. The average molecular weight is 2010 g/mol. The monoisotopic (exact) mass is 2010 g/mol. The van der Waals surface area contributed by atoms with Gasteiger partial charge >= 0.3 is 12.0 Å². The Balaban J connectivity index is 0.000000132. The van der Waals surface area contributed by atoms with E-state index >= 15 is 26.3 Å². The van der Waals surface area contributed by atoms with Gasteiger partial charge in [-0.1, -0.05) is 81.3 Å². The van der Waals surface area contributed by atoms with E-state index in [2.05, 4.69) is 83.6 Å². The van der Waals surface area contributed by atoms with Crippen molar-refractivity contribution in [3.05, 3.63) is 248 Å². The molecule has 144 heavy (non-hydrogen) atoms. The van der Waals surface area contributed by atoms with Crippen LogP contribution in [0.3, 0.4) is 0 Å². The third kappa shape index (κ3) is 23.1. The third-order valence-electron chi connectivity index (χ3n) is 29.9. The van der Waals surface area contributed by atoms with Crippen LogP contribution in [0.1, 0.15) is 194 Å². The zero-order valence-corrected chi connectivity index (χ0v) is 84.0. The molecule has 0 saturated carbocycles. The van der Waals surface area contributed by atoms with E-state index in [-0.39, 0.29) is 116 Å². The summed E-state index contributed by atoms with van der Waals surface area (Å²) in [5.74, 6) is -5.01. The molecule has 0 aliphatic carbocycles. The molecule has 0 amide bonds. The van der Waals surface area contributed by atoms with E-state index in [1.165, 1.54) is 85.0 Å². The summed E-state index contributed by atoms with van der Waals surface area (Å²) in [6, 6.07) is 32.2. The van der Waals surface area contributed by atoms with Gasteiger partial charge in [-0.2, -0.15) is 0 Å². The van der Waals surface area contributed by atoms with E-state index in [1.807, 2.05) is 100 Å². The Labute approximate surface area is 832 Å². The number of halogens is 13. The third-order valence-corrected chi connectivity index (χ3v) is 29.9. The van der Waals surface area contributed by atoms with Crippen LogP contribution in [0.5, 0.6) is 23.3 Å². The quantitative estimate of drug-likeness (QED) is 0.0244. The highest BCUT2D eigenvalue weighted by Gasteiger charge is 2.48. The van der Waals surface area contributed by atoms with Crippen LogP contribution in [0.2, 0.25) is 0 Å². The molecule has 0 spiro atoms. The zero-order valence-electron chi connectivity index (χ0n) is 84.0. The molecule has 0 radical (unpaired) electrons. The number of rotatable bonds is 33. The SMILES string of the molecule is CCC1CN(CCOc2cc(F)c([C@H]3c4[nH]c5ccccc5c4C[C@@H](C)N3CC(C)(C)C(=O)O)c(F)c2)C1.CCCCN1CC(Oc2ncc([C@@H]3c4[nH]c5ccccc5c4C[C@@H](C)N3CC(C)(C)F)cn2)C1.C[C@@H]1Cc2c([nH]c3ccc(F)cc23)[C@@H](c2c(F)cc(OCCN3CC(CF)C3)cc2F)N1CC(F)F.C[C@@H]1Cc2c([nH]c3ccccc23)[C@@H](c2c(F)cc(OCCN3CC(CF)C3)cc2F)N1CC(C)(C)F. The highest BCUT2D eigenvalue weighted by Crippen LogP contribution is 2.50. The number of nitrogens with zero attached hydrogens (tertiary/aromatic N) is 10. The number of para-hydroxylation sites is 3. The van der Waals surface area contributed by atoms with Crippen LogP contribution < -0.4 is 18.9 Å². The largest absolute Gasteiger partial charge is 0.492 e. The normalized spacial score (nSPS) is 21.4. The van der Waals surface area contributed by atoms with E-state index in [0.29, 0.717) is 111 Å². The van der Waals surface area contributed by atoms with E-state index in [1.54, 1.807) is 34.6 Å². The molecule has 8 aliphatic rings. The van der Waals surface area contributed by atoms with Crippen LogP contribution in [0, 0.1) is 63.9 Å². The first-order chi connectivity index (χ1) is 68.8. The van der Waals surface area contributed by atoms with E-state index in [4.69, 9.17) is 18.9 Å². The van der Waals surface area contributed by atoms with Crippen LogP contribution >= 0.6 is 0 Å². The molecule has 4 saturated heterocycles. The summed E-state index contributed by atoms with van der Waals surface area (Å²) in [6.07, 6.45) is 7.23. The predicted octanol–water partition coefficient (Wildman–Crippen LogP) is 21.8. The number of nitrogens with one attached hydrogen (secondary N) is 4. The number of H-pyrrole nitrogens is 4. The van der Waals surface area contributed by atoms with Crippen molar-refractivity contribution in [1.29, 1.82) is 0 Å². The van der Waals surface area contributed by atoms with Gasteiger partial charge in [-0.15, -0.1) is 0 Å². The minimum absolute atomic E-state index is 0.0143. The molecule has 5 N–H and O–H groups in total. The van der Waals surface area contributed by atoms with Gasteiger partial charge in [0.05, 0.1) is 49.5 Å². The van der Waals surface area contributed by atoms with E-state index < -0.39 is 101 Å². The number of aliphatic carboxylic acids is 1. The predicted molar refractivity (Wildman–Crippen MR) is 533 cm³/mol. The van der Waals surface area contributed by atoms with Gasteiger partial charge in [0, 0.05) is 265 Å². The van der Waals surface area contributed by atoms with Gasteiger partial charge in [0.15, 0.2) is 0 Å². The molecule has 13 heterocycles. The molecule has 7 aromatic carbocycles. The minimum Gasteiger partial charge on any atom is -0.492 e. The van der Waals surface area contributed by atoms with Gasteiger partial charge in [-0.25, -0.2) is 58.3 Å². The second-order valence-corrected chi connectivity index (χ2v) is 42.6. The molecule has 8 aliphatic heterocycles. The first-order valence-corrected chi connectivity index (χ1v) is 50.7. The lowest BCUT2D eigenvalue weighted by Gasteiger charge is -2.43. The number of hydrogen-bond acceptors (Lipinski definition) is 15. The minimum atomic E-state index is -2.72. The second-order valence-electron chi connectivity index (χ2n) is 42.6. The fourth-order valence-corrected chi connectivity index (χ4v) is 22.4. The van der Waals surface area contributed by atoms with Crippen LogP contribution in [-0.4, -0.2) is 266 Å². The van der Waals surface area contributed by atoms with Gasteiger partial charge < -0.3 is 44.0 Å². The van der Waals surface area contributed by atoms with Crippen molar-refractivity contribution < 1.29 is 85.9 Å². The molecule has 20 rings (SSSR count). The summed E-state index contributed by atoms with van der Waals surface area (Å²) in [4.78, 5) is 50.8. The molecular formula is C111H133F13N14O6. The second kappa shape index (κ2) is 44.1. The van der Waals surface area contributed by atoms with Crippen molar-refractivity contribution in [2.45, 2.75) is 200 Å². The number of hydrogen-bond donors (Lipinski definition) is 5. The number of carboxylic acid groups (broad SMARTS) is 1. The Bertz CT molecular complexity index is 6390. The maximum atomic E-state index is 15.8. The summed E-state index contributed by atoms with van der Waals surface area (Å²) in [5.41, 5.74) is 6.78. The van der Waals surface area contributed by atoms with Gasteiger partial charge in [0.25, 0.3) is 6.43 Å². The molecule has 12 aromatic rings. The lowest BCUT2D eigenvalue weighted by molar-refractivity contribution is -0.148. The maximum Gasteiger partial charge on any atom is 0.316 e. The van der Waals surface area contributed by atoms with Crippen LogP contribution in [-0.2, 0) is 30.5 Å². The Kier molecular flexibility index (Phi) is 32.0. The molecule has 0 unspecified atom stereocenters. The number of carboxylic acids is 1. The number of likely N-dealkylation sites (tertiary alicyclic amines) is 4. The van der Waals surface area contributed by atoms with Crippen molar-refractivity contribution in [2.75, 3.05) is 138 Å². The average Bonchev–Trinajstić information content (AvgIpc) is 1.57. The summed E-state index contributed by atoms with van der Waals surface area (Å²) < 4.78 is 213. The van der Waals surface area contributed by atoms with Gasteiger partial charge in [0.2, 0.25) is 0 Å². The molecular weight excluding hydrogens is 1870 g/mol. The fraction of sp³-hybridized carbons (Fsp3) is 0.505. The smallest absolute Gasteiger partial charge is 0.316 e. The number of aromatic nitrogens is 6. The van der Waals surface area contributed by atoms with Crippen molar-refractivity contribution in [3.63, 3.8) is 0 Å². The number of fused-ring (bicyclic) bond motifs is 12. The molecule has 20 nitrogen and oxygen atoms in total. The van der Waals surface area contributed by atoms with Crippen molar-refractivity contribution in [2.24, 2.45) is 23.2 Å². The van der Waals surface area contributed by atoms with Crippen LogP contribution in [0.25, 0.3) is 43.6 Å². The van der Waals surface area contributed by atoms with Crippen LogP contribution in [0.15, 0.2) is 140 Å². The molecule has 774 valence electrons. The molecule has 8 atom stereocenters. The first-order valence-electron chi connectivity index (χ1n) is 50.7. The lowest BCUT2D eigenvalue weighted by atomic mass is 9.84. The standard InChI is InChI=1S/C30H37F2N3O3.C28H33F4N3O.C27H36FN5O.C26H27F6N3O/c1-5-19-15-34(16-19)10-11-38-20-13-23(31)26(24(32)14-20)28-27-22(21-8-6-7-9-25(21)33-27)12-18(2)35(28)17-30(3,4)29(36)37;1-17-10-21-20-6-4-5-7-24(20)33-26(21)27(35(17)16-28(2,3)32)25-22(30)11-19(12-23(25)31)36-9-8-34-14-18(13-29)15-34;1-5-6-11-32-15-20(16-32)34-26-29-13-19(14-30-26)25-24-22(21-9-7-8-10-23(21)31-24)12-18(2)33(25)17-27(3,4)28;1-14-6-19-18-7-16(28)2-3-22(18)33-25(19)26(35(14)13-23(31)32)24-20(29)8-17(9-21(24)30)36-5-4-34-11-15(10-27)12-34/h6-9,13-14,18-19,28,33H,5,10-12,15-17H2,1-4H3,(H,36,37);4-7,11-12,17-18,27,33H,8-10,13-16H2,1-3H3;7-10,13-14,18,20,25,31H,5-6,11-12,15-17H2,1-4H3;2-3,7-9,14-15,23,26,33H,4-6,10-13H2,1H3/t18-,28+;17-,27-;18-,25-;14-,26-/m1111/s1. The topological polar surface area (TPSA) is 189 Å². The molecule has 5 aromatic heterocycles. The highest BCUT2D eigenvalue weighted by atomic mass is 19.3. The Morgan fingerprint density at radius 1 is 0.438 bits per heavy atom.